The molecule has 1 saturated heterocycles. The van der Waals surface area contributed by atoms with E-state index in [0.717, 1.165) is 6.07 Å². The zero-order valence-electron chi connectivity index (χ0n) is 10.5. The van der Waals surface area contributed by atoms with Crippen LogP contribution in [0.4, 0.5) is 4.39 Å². The van der Waals surface area contributed by atoms with E-state index >= 15 is 0 Å². The van der Waals surface area contributed by atoms with Gasteiger partial charge in [0.25, 0.3) is 5.91 Å². The predicted octanol–water partition coefficient (Wildman–Crippen LogP) is 1.70. The molecule has 19 heavy (non-hydrogen) atoms. The summed E-state index contributed by atoms with van der Waals surface area (Å²) in [6, 6.07) is 3.59. The van der Waals surface area contributed by atoms with Crippen LogP contribution in [0.1, 0.15) is 16.8 Å². The second kappa shape index (κ2) is 5.86. The smallest absolute Gasteiger partial charge is 0.257 e. The van der Waals surface area contributed by atoms with Crippen LogP contribution >= 0.6 is 11.6 Å². The van der Waals surface area contributed by atoms with E-state index in [2.05, 4.69) is 0 Å². The normalized spacial score (nSPS) is 22.8. The molecule has 1 aliphatic rings. The van der Waals surface area contributed by atoms with E-state index < -0.39 is 11.7 Å². The van der Waals surface area contributed by atoms with Gasteiger partial charge in [0.15, 0.2) is 0 Å². The molecule has 0 aliphatic carbocycles. The fourth-order valence-corrected chi connectivity index (χ4v) is 2.44. The summed E-state index contributed by atoms with van der Waals surface area (Å²) < 4.78 is 18.9. The van der Waals surface area contributed by atoms with Crippen LogP contribution in [-0.2, 0) is 4.74 Å². The highest BCUT2D eigenvalue weighted by Crippen LogP contribution is 2.24. The lowest BCUT2D eigenvalue weighted by Gasteiger charge is -2.23. The van der Waals surface area contributed by atoms with Crippen LogP contribution in [0.15, 0.2) is 18.2 Å². The van der Waals surface area contributed by atoms with E-state index in [9.17, 15) is 14.3 Å². The van der Waals surface area contributed by atoms with Crippen molar-refractivity contribution in [1.29, 1.82) is 0 Å². The Morgan fingerprint density at radius 2 is 2.37 bits per heavy atom. The largest absolute Gasteiger partial charge is 0.394 e. The minimum Gasteiger partial charge on any atom is -0.394 e. The van der Waals surface area contributed by atoms with Gasteiger partial charge in [-0.3, -0.25) is 4.79 Å². The summed E-state index contributed by atoms with van der Waals surface area (Å²) in [4.78, 5) is 13.7. The Morgan fingerprint density at radius 1 is 1.63 bits per heavy atom. The molecule has 4 nitrogen and oxygen atoms in total. The predicted molar refractivity (Wildman–Crippen MR) is 68.7 cm³/mol. The van der Waals surface area contributed by atoms with E-state index in [4.69, 9.17) is 16.3 Å². The zero-order valence-corrected chi connectivity index (χ0v) is 11.2. The number of aliphatic hydroxyl groups excluding tert-OH is 1. The molecular weight excluding hydrogens is 273 g/mol. The van der Waals surface area contributed by atoms with Gasteiger partial charge in [-0.05, 0) is 24.6 Å². The molecule has 1 amide bonds. The van der Waals surface area contributed by atoms with Gasteiger partial charge in [-0.1, -0.05) is 11.6 Å². The van der Waals surface area contributed by atoms with Gasteiger partial charge in [0.1, 0.15) is 5.82 Å². The molecule has 1 N–H and O–H groups in total. The SMILES string of the molecule is CO[C@@H]1C[C@@H](CO)N(C(=O)c2ccc(Cl)cc2F)C1. The molecular formula is C13H15ClFNO3. The Bertz CT molecular complexity index is 483. The number of methoxy groups -OCH3 is 1. The molecule has 2 atom stereocenters. The van der Waals surface area contributed by atoms with Gasteiger partial charge >= 0.3 is 0 Å². The number of amides is 1. The molecule has 1 aromatic rings. The molecule has 0 bridgehead atoms. The maximum atomic E-state index is 13.7. The summed E-state index contributed by atoms with van der Waals surface area (Å²) in [5, 5.41) is 9.53. The van der Waals surface area contributed by atoms with E-state index in [1.807, 2.05) is 0 Å². The van der Waals surface area contributed by atoms with Crippen molar-refractivity contribution in [3.05, 3.63) is 34.6 Å². The molecule has 0 aromatic heterocycles. The van der Waals surface area contributed by atoms with Gasteiger partial charge in [0.2, 0.25) is 0 Å². The van der Waals surface area contributed by atoms with Gasteiger partial charge in [-0.15, -0.1) is 0 Å². The summed E-state index contributed by atoms with van der Waals surface area (Å²) in [5.74, 6) is -1.11. The second-order valence-corrected chi connectivity index (χ2v) is 4.95. The van der Waals surface area contributed by atoms with Crippen molar-refractivity contribution >= 4 is 17.5 Å². The van der Waals surface area contributed by atoms with Crippen molar-refractivity contribution in [3.63, 3.8) is 0 Å². The summed E-state index contributed by atoms with van der Waals surface area (Å²) in [7, 11) is 1.55. The van der Waals surface area contributed by atoms with Crippen LogP contribution in [0, 0.1) is 5.82 Å². The maximum Gasteiger partial charge on any atom is 0.257 e. The Hall–Kier alpha value is -1.17. The highest BCUT2D eigenvalue weighted by atomic mass is 35.5. The quantitative estimate of drug-likeness (QED) is 0.920. The van der Waals surface area contributed by atoms with Crippen molar-refractivity contribution in [2.75, 3.05) is 20.3 Å². The minimum atomic E-state index is -0.657. The Kier molecular flexibility index (Phi) is 4.39. The number of rotatable bonds is 3. The zero-order chi connectivity index (χ0) is 14.0. The fraction of sp³-hybridized carbons (Fsp3) is 0.462. The number of likely N-dealkylation sites (tertiary alicyclic amines) is 1. The number of hydrogen-bond acceptors (Lipinski definition) is 3. The fourth-order valence-electron chi connectivity index (χ4n) is 2.28. The highest BCUT2D eigenvalue weighted by molar-refractivity contribution is 6.30. The number of nitrogens with zero attached hydrogens (tertiary/aromatic N) is 1. The average molecular weight is 288 g/mol. The van der Waals surface area contributed by atoms with Crippen molar-refractivity contribution in [1.82, 2.24) is 4.90 Å². The molecule has 1 aromatic carbocycles. The number of carbonyl (C=O) groups is 1. The van der Waals surface area contributed by atoms with Gasteiger partial charge in [-0.2, -0.15) is 0 Å². The number of benzene rings is 1. The van der Waals surface area contributed by atoms with Crippen molar-refractivity contribution in [3.8, 4) is 0 Å². The van der Waals surface area contributed by atoms with Crippen LogP contribution in [0.3, 0.4) is 0 Å². The van der Waals surface area contributed by atoms with Crippen LogP contribution in [0.25, 0.3) is 0 Å². The molecule has 1 heterocycles. The minimum absolute atomic E-state index is 0.0420. The molecule has 2 rings (SSSR count). The molecule has 0 spiro atoms. The third-order valence-electron chi connectivity index (χ3n) is 3.34. The van der Waals surface area contributed by atoms with Crippen LogP contribution < -0.4 is 0 Å². The first-order valence-electron chi connectivity index (χ1n) is 5.96. The molecule has 1 fully saturated rings. The van der Waals surface area contributed by atoms with Gasteiger partial charge in [0, 0.05) is 18.7 Å². The lowest BCUT2D eigenvalue weighted by atomic mass is 10.1. The highest BCUT2D eigenvalue weighted by Gasteiger charge is 2.36. The molecule has 0 unspecified atom stereocenters. The van der Waals surface area contributed by atoms with Crippen LogP contribution in [0.2, 0.25) is 5.02 Å². The Morgan fingerprint density at radius 3 is 2.95 bits per heavy atom. The van der Waals surface area contributed by atoms with E-state index in [-0.39, 0.29) is 29.3 Å². The average Bonchev–Trinajstić information content (AvgIpc) is 2.81. The van der Waals surface area contributed by atoms with Gasteiger partial charge < -0.3 is 14.7 Å². The maximum absolute atomic E-state index is 13.7. The monoisotopic (exact) mass is 287 g/mol. The van der Waals surface area contributed by atoms with Crippen molar-refractivity contribution in [2.45, 2.75) is 18.6 Å². The summed E-state index contributed by atoms with van der Waals surface area (Å²) in [6.45, 7) is 0.184. The summed E-state index contributed by atoms with van der Waals surface area (Å²) in [6.07, 6.45) is 0.421. The van der Waals surface area contributed by atoms with E-state index in [0.29, 0.717) is 13.0 Å². The molecule has 0 radical (unpaired) electrons. The van der Waals surface area contributed by atoms with Crippen LogP contribution in [-0.4, -0.2) is 48.3 Å². The Labute approximate surface area is 115 Å². The number of aliphatic hydroxyl groups is 1. The first kappa shape index (κ1) is 14.2. The summed E-state index contributed by atoms with van der Waals surface area (Å²) in [5.41, 5.74) is -0.0420. The molecule has 6 heteroatoms. The first-order chi connectivity index (χ1) is 9.06. The van der Waals surface area contributed by atoms with Crippen molar-refractivity contribution in [2.24, 2.45) is 0 Å². The van der Waals surface area contributed by atoms with Gasteiger partial charge in [0.05, 0.1) is 24.3 Å². The summed E-state index contributed by atoms with van der Waals surface area (Å²) >= 11 is 5.66. The topological polar surface area (TPSA) is 49.8 Å². The lowest BCUT2D eigenvalue weighted by molar-refractivity contribution is 0.0643. The van der Waals surface area contributed by atoms with Crippen molar-refractivity contribution < 1.29 is 19.0 Å². The van der Waals surface area contributed by atoms with E-state index in [1.54, 1.807) is 7.11 Å². The number of halogens is 2. The molecule has 1 aliphatic heterocycles. The molecule has 0 saturated carbocycles. The standard InChI is InChI=1S/C13H15ClFNO3/c1-19-10-5-9(7-17)16(6-10)13(18)11-3-2-8(14)4-12(11)15/h2-4,9-10,17H,5-7H2,1H3/t9-,10+/m0/s1. The third-order valence-corrected chi connectivity index (χ3v) is 3.58. The molecule has 104 valence electrons. The van der Waals surface area contributed by atoms with Crippen LogP contribution in [0.5, 0.6) is 0 Å². The van der Waals surface area contributed by atoms with Gasteiger partial charge in [-0.25, -0.2) is 4.39 Å². The first-order valence-corrected chi connectivity index (χ1v) is 6.34. The van der Waals surface area contributed by atoms with E-state index in [1.165, 1.54) is 17.0 Å². The number of carbonyl (C=O) groups excluding carboxylic acids is 1. The third kappa shape index (κ3) is 2.88. The second-order valence-electron chi connectivity index (χ2n) is 4.51. The lowest BCUT2D eigenvalue weighted by Crippen LogP contribution is -2.38. The number of ether oxygens (including phenoxy) is 1. The number of hydrogen-bond donors (Lipinski definition) is 1. The Balaban J connectivity index is 2.23.